The van der Waals surface area contributed by atoms with Crippen LogP contribution in [0.5, 0.6) is 0 Å². The molecule has 0 bridgehead atoms. The molecule has 0 aliphatic heterocycles. The highest BCUT2D eigenvalue weighted by molar-refractivity contribution is 6.08. The molecule has 0 aliphatic rings. The van der Waals surface area contributed by atoms with Crippen molar-refractivity contribution in [2.75, 3.05) is 25.1 Å². The number of nitrogens with one attached hydrogen (secondary N) is 2. The summed E-state index contributed by atoms with van der Waals surface area (Å²) < 4.78 is 27.8. The van der Waals surface area contributed by atoms with E-state index < -0.39 is 23.1 Å². The van der Waals surface area contributed by atoms with E-state index in [2.05, 4.69) is 15.3 Å². The van der Waals surface area contributed by atoms with Crippen LogP contribution in [0.4, 0.5) is 20.2 Å². The van der Waals surface area contributed by atoms with Crippen molar-refractivity contribution in [3.05, 3.63) is 53.4 Å². The number of H-pyrrole nitrogens is 1. The zero-order chi connectivity index (χ0) is 19.0. The molecule has 3 rings (SSSR count). The molecule has 134 valence electrons. The lowest BCUT2D eigenvalue weighted by Crippen LogP contribution is -2.21. The maximum Gasteiger partial charge on any atom is 0.261 e. The van der Waals surface area contributed by atoms with E-state index >= 15 is 0 Å². The highest BCUT2D eigenvalue weighted by Crippen LogP contribution is 2.23. The Labute approximate surface area is 146 Å². The van der Waals surface area contributed by atoms with Crippen LogP contribution in [-0.4, -0.2) is 40.8 Å². The molecule has 7 nitrogen and oxygen atoms in total. The van der Waals surface area contributed by atoms with Gasteiger partial charge < -0.3 is 20.9 Å². The fraction of sp³-hybridized carbons (Fsp3) is 0.118. The van der Waals surface area contributed by atoms with Crippen LogP contribution in [0.1, 0.15) is 20.7 Å². The van der Waals surface area contributed by atoms with Gasteiger partial charge in [-0.1, -0.05) is 0 Å². The molecule has 4 N–H and O–H groups in total. The minimum atomic E-state index is -1.14. The van der Waals surface area contributed by atoms with Gasteiger partial charge in [0.1, 0.15) is 17.0 Å². The third-order valence-corrected chi connectivity index (χ3v) is 3.77. The molecule has 3 aromatic rings. The van der Waals surface area contributed by atoms with Gasteiger partial charge in [-0.05, 0) is 18.2 Å². The fourth-order valence-electron chi connectivity index (χ4n) is 2.46. The predicted molar refractivity (Wildman–Crippen MR) is 92.8 cm³/mol. The highest BCUT2D eigenvalue weighted by atomic mass is 19.1. The lowest BCUT2D eigenvalue weighted by molar-refractivity contribution is 0.0829. The average Bonchev–Trinajstić information content (AvgIpc) is 3.01. The van der Waals surface area contributed by atoms with Gasteiger partial charge in [0.05, 0.1) is 23.1 Å². The summed E-state index contributed by atoms with van der Waals surface area (Å²) in [5.74, 6) is -3.44. The lowest BCUT2D eigenvalue weighted by atomic mass is 10.1. The van der Waals surface area contributed by atoms with Gasteiger partial charge in [-0.25, -0.2) is 13.8 Å². The van der Waals surface area contributed by atoms with Crippen molar-refractivity contribution in [2.24, 2.45) is 0 Å². The number of aromatic amines is 1. The number of amides is 2. The Morgan fingerprint density at radius 3 is 2.69 bits per heavy atom. The minimum Gasteiger partial charge on any atom is -0.396 e. The van der Waals surface area contributed by atoms with Crippen LogP contribution in [0.25, 0.3) is 11.0 Å². The van der Waals surface area contributed by atoms with Crippen molar-refractivity contribution in [1.29, 1.82) is 0 Å². The van der Waals surface area contributed by atoms with Crippen LogP contribution >= 0.6 is 0 Å². The zero-order valence-electron chi connectivity index (χ0n) is 13.9. The van der Waals surface area contributed by atoms with E-state index in [0.29, 0.717) is 16.6 Å². The van der Waals surface area contributed by atoms with Crippen molar-refractivity contribution in [1.82, 2.24) is 14.9 Å². The number of hydrogen-bond donors (Lipinski definition) is 3. The van der Waals surface area contributed by atoms with Crippen LogP contribution in [0.3, 0.4) is 0 Å². The lowest BCUT2D eigenvalue weighted by Gasteiger charge is -2.10. The molecule has 1 aromatic carbocycles. The maximum atomic E-state index is 14.0. The summed E-state index contributed by atoms with van der Waals surface area (Å²) in [6.07, 6.45) is 2.81. The largest absolute Gasteiger partial charge is 0.396 e. The van der Waals surface area contributed by atoms with Crippen LogP contribution in [0, 0.1) is 11.6 Å². The number of aromatic nitrogens is 2. The monoisotopic (exact) mass is 359 g/mol. The number of pyridine rings is 1. The third kappa shape index (κ3) is 2.94. The zero-order valence-corrected chi connectivity index (χ0v) is 13.9. The smallest absolute Gasteiger partial charge is 0.261 e. The summed E-state index contributed by atoms with van der Waals surface area (Å²) in [5.41, 5.74) is 5.23. The van der Waals surface area contributed by atoms with E-state index in [0.717, 1.165) is 12.1 Å². The number of nitrogen functional groups attached to an aromatic ring is 1. The third-order valence-electron chi connectivity index (χ3n) is 3.77. The number of hydrogen-bond acceptors (Lipinski definition) is 4. The number of carbonyl (C=O) groups is 2. The van der Waals surface area contributed by atoms with E-state index in [9.17, 15) is 18.4 Å². The first-order valence-electron chi connectivity index (χ1n) is 7.53. The summed E-state index contributed by atoms with van der Waals surface area (Å²) >= 11 is 0. The van der Waals surface area contributed by atoms with Crippen LogP contribution in [0.15, 0.2) is 30.6 Å². The molecule has 0 spiro atoms. The van der Waals surface area contributed by atoms with Crippen molar-refractivity contribution >= 4 is 34.2 Å². The van der Waals surface area contributed by atoms with E-state index in [1.165, 1.54) is 23.4 Å². The van der Waals surface area contributed by atoms with Gasteiger partial charge in [-0.15, -0.1) is 0 Å². The van der Waals surface area contributed by atoms with Crippen LogP contribution in [0.2, 0.25) is 0 Å². The van der Waals surface area contributed by atoms with E-state index in [1.54, 1.807) is 14.1 Å². The topological polar surface area (TPSA) is 104 Å². The summed E-state index contributed by atoms with van der Waals surface area (Å²) in [6.45, 7) is 0. The highest BCUT2D eigenvalue weighted by Gasteiger charge is 2.21. The minimum absolute atomic E-state index is 0.177. The number of nitrogens with two attached hydrogens (primary N) is 1. The molecule has 0 radical (unpaired) electrons. The molecule has 0 saturated heterocycles. The molecule has 0 aliphatic carbocycles. The summed E-state index contributed by atoms with van der Waals surface area (Å²) in [5, 5.41) is 2.84. The Morgan fingerprint density at radius 2 is 2.00 bits per heavy atom. The van der Waals surface area contributed by atoms with Gasteiger partial charge >= 0.3 is 0 Å². The molecular weight excluding hydrogens is 344 g/mol. The Morgan fingerprint density at radius 1 is 1.27 bits per heavy atom. The Bertz CT molecular complexity index is 1030. The van der Waals surface area contributed by atoms with Crippen LogP contribution in [-0.2, 0) is 0 Å². The maximum absolute atomic E-state index is 14.0. The number of rotatable bonds is 3. The van der Waals surface area contributed by atoms with Crippen LogP contribution < -0.4 is 11.1 Å². The first-order valence-corrected chi connectivity index (χ1v) is 7.53. The first kappa shape index (κ1) is 17.3. The molecule has 2 amide bonds. The van der Waals surface area contributed by atoms with Gasteiger partial charge in [0.2, 0.25) is 0 Å². The molecule has 0 fully saturated rings. The molecular formula is C17H15F2N5O2. The summed E-state index contributed by atoms with van der Waals surface area (Å²) in [4.78, 5) is 32.8. The number of fused-ring (bicyclic) bond motifs is 1. The predicted octanol–water partition coefficient (Wildman–Crippen LogP) is 2.38. The van der Waals surface area contributed by atoms with Gasteiger partial charge in [0, 0.05) is 25.7 Å². The molecule has 9 heteroatoms. The van der Waals surface area contributed by atoms with Gasteiger partial charge in [0.25, 0.3) is 11.8 Å². The molecule has 26 heavy (non-hydrogen) atoms. The van der Waals surface area contributed by atoms with E-state index in [4.69, 9.17) is 5.73 Å². The van der Waals surface area contributed by atoms with Crippen molar-refractivity contribution in [3.63, 3.8) is 0 Å². The summed E-state index contributed by atoms with van der Waals surface area (Å²) in [7, 11) is 3.21. The van der Waals surface area contributed by atoms with Gasteiger partial charge in [0.15, 0.2) is 5.82 Å². The van der Waals surface area contributed by atoms with Crippen molar-refractivity contribution in [3.8, 4) is 0 Å². The molecule has 0 unspecified atom stereocenters. The number of benzene rings is 1. The standard InChI is InChI=1S/C17H15F2N5O2/c1-24(2)17(26)10-7-22-15-9(10)5-8(6-21-15)23-16(25)13-11(18)3-4-12(20)14(13)19/h3-7H,20H2,1-2H3,(H,21,22)(H,23,25). The Kier molecular flexibility index (Phi) is 4.29. The normalized spacial score (nSPS) is 10.8. The number of halogens is 2. The molecule has 0 atom stereocenters. The second kappa shape index (κ2) is 6.43. The SMILES string of the molecule is CN(C)C(=O)c1c[nH]c2ncc(NC(=O)c3c(F)ccc(N)c3F)cc12. The first-order chi connectivity index (χ1) is 12.3. The van der Waals surface area contributed by atoms with E-state index in [-0.39, 0.29) is 17.3 Å². The second-order valence-electron chi connectivity index (χ2n) is 5.80. The average molecular weight is 359 g/mol. The Hall–Kier alpha value is -3.49. The van der Waals surface area contributed by atoms with Gasteiger partial charge in [-0.2, -0.15) is 0 Å². The van der Waals surface area contributed by atoms with E-state index in [1.807, 2.05) is 0 Å². The second-order valence-corrected chi connectivity index (χ2v) is 5.80. The molecule has 2 aromatic heterocycles. The molecule has 2 heterocycles. The Balaban J connectivity index is 1.97. The number of carbonyl (C=O) groups excluding carboxylic acids is 2. The van der Waals surface area contributed by atoms with Crippen molar-refractivity contribution in [2.45, 2.75) is 0 Å². The fourth-order valence-corrected chi connectivity index (χ4v) is 2.46. The summed E-state index contributed by atoms with van der Waals surface area (Å²) in [6, 6.07) is 3.44. The number of nitrogens with zero attached hydrogens (tertiary/aromatic N) is 2. The molecule has 0 saturated carbocycles. The van der Waals surface area contributed by atoms with Gasteiger partial charge in [-0.3, -0.25) is 9.59 Å². The number of anilines is 2. The van der Waals surface area contributed by atoms with Crippen molar-refractivity contribution < 1.29 is 18.4 Å². The quantitative estimate of drug-likeness (QED) is 0.625.